The van der Waals surface area contributed by atoms with Gasteiger partial charge in [0.15, 0.2) is 5.92 Å². The molecule has 2 N–H and O–H groups in total. The van der Waals surface area contributed by atoms with Gasteiger partial charge >= 0.3 is 12.4 Å². The first kappa shape index (κ1) is 15.5. The zero-order valence-corrected chi connectivity index (χ0v) is 8.99. The highest BCUT2D eigenvalue weighted by molar-refractivity contribution is 4.85. The van der Waals surface area contributed by atoms with Crippen LogP contribution in [-0.2, 0) is 0 Å². The Kier molecular flexibility index (Phi) is 5.10. The van der Waals surface area contributed by atoms with E-state index >= 15 is 0 Å². The van der Waals surface area contributed by atoms with Crippen molar-refractivity contribution in [1.29, 1.82) is 0 Å². The van der Waals surface area contributed by atoms with Gasteiger partial charge in [0.25, 0.3) is 0 Å². The molecule has 98 valence electrons. The first-order valence-electron chi connectivity index (χ1n) is 4.89. The Morgan fingerprint density at radius 1 is 1.00 bits per heavy atom. The van der Waals surface area contributed by atoms with E-state index in [1.54, 1.807) is 13.8 Å². The maximum Gasteiger partial charge on any atom is 0.401 e. The van der Waals surface area contributed by atoms with E-state index in [-0.39, 0.29) is 12.3 Å². The molecule has 2 unspecified atom stereocenters. The number of halogens is 6. The molecule has 0 fully saturated rings. The van der Waals surface area contributed by atoms with Crippen molar-refractivity contribution < 1.29 is 26.3 Å². The molecule has 7 heteroatoms. The van der Waals surface area contributed by atoms with Crippen LogP contribution in [0.5, 0.6) is 0 Å². The summed E-state index contributed by atoms with van der Waals surface area (Å²) in [5.41, 5.74) is 5.03. The maximum atomic E-state index is 12.2. The molecule has 0 aromatic rings. The SMILES string of the molecule is CCC(C)CC(N)C(C(F)(F)F)C(F)(F)F. The van der Waals surface area contributed by atoms with Crippen LogP contribution in [0.1, 0.15) is 26.7 Å². The first-order valence-corrected chi connectivity index (χ1v) is 4.89. The Hall–Kier alpha value is -0.460. The standard InChI is InChI=1S/C9H15F6N/c1-3-5(2)4-6(16)7(8(10,11)12)9(13,14)15/h5-7H,3-4,16H2,1-2H3. The Balaban J connectivity index is 4.79. The molecule has 0 aliphatic carbocycles. The molecule has 0 heterocycles. The summed E-state index contributed by atoms with van der Waals surface area (Å²) in [5, 5.41) is 0. The second-order valence-corrected chi connectivity index (χ2v) is 3.97. The van der Waals surface area contributed by atoms with Gasteiger partial charge in [-0.25, -0.2) is 0 Å². The lowest BCUT2D eigenvalue weighted by Gasteiger charge is -2.29. The van der Waals surface area contributed by atoms with Crippen molar-refractivity contribution in [2.75, 3.05) is 0 Å². The fraction of sp³-hybridized carbons (Fsp3) is 1.00. The van der Waals surface area contributed by atoms with E-state index in [2.05, 4.69) is 0 Å². The van der Waals surface area contributed by atoms with Crippen molar-refractivity contribution in [3.8, 4) is 0 Å². The van der Waals surface area contributed by atoms with Crippen LogP contribution in [-0.4, -0.2) is 18.4 Å². The highest BCUT2D eigenvalue weighted by Gasteiger charge is 2.59. The normalized spacial score (nSPS) is 17.6. The second-order valence-electron chi connectivity index (χ2n) is 3.97. The highest BCUT2D eigenvalue weighted by Crippen LogP contribution is 2.42. The lowest BCUT2D eigenvalue weighted by atomic mass is 9.90. The monoisotopic (exact) mass is 251 g/mol. The van der Waals surface area contributed by atoms with Crippen LogP contribution >= 0.6 is 0 Å². The smallest absolute Gasteiger partial charge is 0.327 e. The second kappa shape index (κ2) is 5.25. The minimum Gasteiger partial charge on any atom is -0.327 e. The fourth-order valence-electron chi connectivity index (χ4n) is 1.44. The van der Waals surface area contributed by atoms with E-state index in [1.165, 1.54) is 0 Å². The molecule has 0 saturated carbocycles. The molecule has 16 heavy (non-hydrogen) atoms. The third kappa shape index (κ3) is 4.59. The Labute approximate surface area is 90.0 Å². The van der Waals surface area contributed by atoms with Gasteiger partial charge < -0.3 is 5.73 Å². The van der Waals surface area contributed by atoms with Crippen LogP contribution in [0.2, 0.25) is 0 Å². The van der Waals surface area contributed by atoms with Gasteiger partial charge in [0.05, 0.1) is 0 Å². The van der Waals surface area contributed by atoms with Crippen molar-refractivity contribution in [3.05, 3.63) is 0 Å². The highest BCUT2D eigenvalue weighted by atomic mass is 19.4. The molecule has 2 atom stereocenters. The summed E-state index contributed by atoms with van der Waals surface area (Å²) >= 11 is 0. The van der Waals surface area contributed by atoms with E-state index in [0.29, 0.717) is 6.42 Å². The molecule has 0 spiro atoms. The zero-order chi connectivity index (χ0) is 13.1. The summed E-state index contributed by atoms with van der Waals surface area (Å²) in [6.07, 6.45) is -10.5. The molecule has 0 radical (unpaired) electrons. The van der Waals surface area contributed by atoms with Crippen LogP contribution in [0.4, 0.5) is 26.3 Å². The van der Waals surface area contributed by atoms with Gasteiger partial charge in [-0.15, -0.1) is 0 Å². The third-order valence-corrected chi connectivity index (χ3v) is 2.50. The molecular formula is C9H15F6N. The molecule has 1 nitrogen and oxygen atoms in total. The van der Waals surface area contributed by atoms with Gasteiger partial charge in [-0.1, -0.05) is 20.3 Å². The van der Waals surface area contributed by atoms with Crippen molar-refractivity contribution in [1.82, 2.24) is 0 Å². The molecular weight excluding hydrogens is 236 g/mol. The van der Waals surface area contributed by atoms with E-state index in [1.807, 2.05) is 0 Å². The van der Waals surface area contributed by atoms with Crippen molar-refractivity contribution in [2.45, 2.75) is 45.1 Å². The summed E-state index contributed by atoms with van der Waals surface area (Å²) in [5.74, 6) is -3.70. The summed E-state index contributed by atoms with van der Waals surface area (Å²) < 4.78 is 73.3. The molecule has 0 bridgehead atoms. The summed E-state index contributed by atoms with van der Waals surface area (Å²) in [6.45, 7) is 3.26. The van der Waals surface area contributed by atoms with Crippen LogP contribution < -0.4 is 5.73 Å². The van der Waals surface area contributed by atoms with E-state index < -0.39 is 24.3 Å². The molecule has 0 rings (SSSR count). The number of hydrogen-bond donors (Lipinski definition) is 1. The molecule has 0 aliphatic heterocycles. The molecule has 0 aromatic carbocycles. The number of nitrogens with two attached hydrogens (primary N) is 1. The molecule has 0 aliphatic rings. The average Bonchev–Trinajstić information content (AvgIpc) is 1.97. The largest absolute Gasteiger partial charge is 0.401 e. The van der Waals surface area contributed by atoms with Gasteiger partial charge in [0.2, 0.25) is 0 Å². The minimum absolute atomic E-state index is 0.262. The van der Waals surface area contributed by atoms with Crippen LogP contribution in [0, 0.1) is 11.8 Å². The molecule has 0 amide bonds. The van der Waals surface area contributed by atoms with Crippen molar-refractivity contribution in [3.63, 3.8) is 0 Å². The molecule has 0 saturated heterocycles. The fourth-order valence-corrected chi connectivity index (χ4v) is 1.44. The number of alkyl halides is 6. The van der Waals surface area contributed by atoms with Crippen molar-refractivity contribution >= 4 is 0 Å². The van der Waals surface area contributed by atoms with Gasteiger partial charge in [0, 0.05) is 6.04 Å². The number of rotatable bonds is 4. The van der Waals surface area contributed by atoms with E-state index in [0.717, 1.165) is 0 Å². The minimum atomic E-state index is -5.34. The zero-order valence-electron chi connectivity index (χ0n) is 8.99. The average molecular weight is 251 g/mol. The topological polar surface area (TPSA) is 26.0 Å². The predicted octanol–water partition coefficient (Wildman–Crippen LogP) is 3.49. The van der Waals surface area contributed by atoms with Gasteiger partial charge in [0.1, 0.15) is 0 Å². The Bertz CT molecular complexity index is 195. The van der Waals surface area contributed by atoms with Crippen molar-refractivity contribution in [2.24, 2.45) is 17.6 Å². The van der Waals surface area contributed by atoms with Crippen LogP contribution in [0.25, 0.3) is 0 Å². The predicted molar refractivity (Wildman–Crippen MR) is 47.6 cm³/mol. The van der Waals surface area contributed by atoms with Crippen LogP contribution in [0.3, 0.4) is 0 Å². The Morgan fingerprint density at radius 3 is 1.62 bits per heavy atom. The lowest BCUT2D eigenvalue weighted by Crippen LogP contribution is -2.49. The third-order valence-electron chi connectivity index (χ3n) is 2.50. The van der Waals surface area contributed by atoms with E-state index in [4.69, 9.17) is 5.73 Å². The van der Waals surface area contributed by atoms with E-state index in [9.17, 15) is 26.3 Å². The van der Waals surface area contributed by atoms with Gasteiger partial charge in [-0.05, 0) is 12.3 Å². The van der Waals surface area contributed by atoms with Gasteiger partial charge in [-0.2, -0.15) is 26.3 Å². The van der Waals surface area contributed by atoms with Crippen LogP contribution in [0.15, 0.2) is 0 Å². The maximum absolute atomic E-state index is 12.2. The number of hydrogen-bond acceptors (Lipinski definition) is 1. The van der Waals surface area contributed by atoms with Gasteiger partial charge in [-0.3, -0.25) is 0 Å². The summed E-state index contributed by atoms with van der Waals surface area (Å²) in [7, 11) is 0. The quantitative estimate of drug-likeness (QED) is 0.760. The first-order chi connectivity index (χ1) is 7.00. The lowest BCUT2D eigenvalue weighted by molar-refractivity contribution is -0.290. The Morgan fingerprint density at radius 2 is 1.38 bits per heavy atom. The summed E-state index contributed by atoms with van der Waals surface area (Å²) in [6, 6.07) is -1.94. The summed E-state index contributed by atoms with van der Waals surface area (Å²) in [4.78, 5) is 0. The molecule has 0 aromatic heterocycles.